The first-order chi connectivity index (χ1) is 16.9. The Bertz CT molecular complexity index is 1360. The van der Waals surface area contributed by atoms with Crippen molar-refractivity contribution in [3.05, 3.63) is 82.8 Å². The highest BCUT2D eigenvalue weighted by Gasteiger charge is 2.24. The summed E-state index contributed by atoms with van der Waals surface area (Å²) in [4.78, 5) is 26.7. The van der Waals surface area contributed by atoms with E-state index in [-0.39, 0.29) is 6.03 Å². The lowest BCUT2D eigenvalue weighted by atomic mass is 10.1. The van der Waals surface area contributed by atoms with Gasteiger partial charge in [0, 0.05) is 43.8 Å². The summed E-state index contributed by atoms with van der Waals surface area (Å²) < 4.78 is 2.18. The summed E-state index contributed by atoms with van der Waals surface area (Å²) in [6, 6.07) is 16.5. The van der Waals surface area contributed by atoms with Crippen molar-refractivity contribution in [1.29, 1.82) is 0 Å². The minimum atomic E-state index is -0.0386. The number of rotatable bonds is 4. The van der Waals surface area contributed by atoms with Crippen molar-refractivity contribution in [3.8, 4) is 5.69 Å². The number of hydrogen-bond acceptors (Lipinski definition) is 4. The fourth-order valence-electron chi connectivity index (χ4n) is 4.87. The highest BCUT2D eigenvalue weighted by atomic mass is 16.2. The van der Waals surface area contributed by atoms with Gasteiger partial charge in [0.05, 0.1) is 6.54 Å². The molecule has 2 amide bonds. The molecule has 0 bridgehead atoms. The molecule has 7 nitrogen and oxygen atoms in total. The van der Waals surface area contributed by atoms with E-state index in [1.165, 1.54) is 16.7 Å². The Morgan fingerprint density at radius 3 is 2.37 bits per heavy atom. The Balaban J connectivity index is 1.31. The van der Waals surface area contributed by atoms with Gasteiger partial charge in [0.1, 0.15) is 11.3 Å². The molecule has 7 heteroatoms. The maximum Gasteiger partial charge on any atom is 0.321 e. The van der Waals surface area contributed by atoms with Gasteiger partial charge in [-0.05, 0) is 74.7 Å². The second-order valence-corrected chi connectivity index (χ2v) is 9.57. The smallest absolute Gasteiger partial charge is 0.321 e. The molecule has 1 fully saturated rings. The van der Waals surface area contributed by atoms with Crippen molar-refractivity contribution in [2.24, 2.45) is 0 Å². The van der Waals surface area contributed by atoms with E-state index in [0.717, 1.165) is 47.0 Å². The molecule has 1 aliphatic heterocycles. The third-order valence-electron chi connectivity index (χ3n) is 6.60. The summed E-state index contributed by atoms with van der Waals surface area (Å²) in [6.45, 7) is 12.0. The number of hydrogen-bond donors (Lipinski definition) is 1. The first-order valence-corrected chi connectivity index (χ1v) is 12.1. The second-order valence-electron chi connectivity index (χ2n) is 9.57. The van der Waals surface area contributed by atoms with Crippen LogP contribution in [-0.4, -0.2) is 56.5 Å². The Kier molecular flexibility index (Phi) is 6.26. The molecule has 0 aliphatic carbocycles. The number of fused-ring (bicyclic) bond motifs is 1. The van der Waals surface area contributed by atoms with Crippen LogP contribution >= 0.6 is 0 Å². The zero-order valence-electron chi connectivity index (χ0n) is 20.9. The van der Waals surface area contributed by atoms with Gasteiger partial charge in [-0.1, -0.05) is 23.8 Å². The fourth-order valence-corrected chi connectivity index (χ4v) is 4.87. The number of carbonyl (C=O) groups is 1. The van der Waals surface area contributed by atoms with Gasteiger partial charge < -0.3 is 10.2 Å². The quantitative estimate of drug-likeness (QED) is 0.458. The van der Waals surface area contributed by atoms with Crippen LogP contribution in [0.4, 0.5) is 10.5 Å². The summed E-state index contributed by atoms with van der Waals surface area (Å²) >= 11 is 0. The van der Waals surface area contributed by atoms with Crippen LogP contribution in [0.2, 0.25) is 0 Å². The number of urea groups is 1. The predicted molar refractivity (Wildman–Crippen MR) is 140 cm³/mol. The first-order valence-electron chi connectivity index (χ1n) is 12.1. The number of carbonyl (C=O) groups excluding carboxylic acids is 1. The van der Waals surface area contributed by atoms with E-state index in [1.54, 1.807) is 0 Å². The molecule has 0 radical (unpaired) electrons. The topological polar surface area (TPSA) is 66.3 Å². The van der Waals surface area contributed by atoms with Crippen LogP contribution in [0.3, 0.4) is 0 Å². The minimum absolute atomic E-state index is 0.0386. The van der Waals surface area contributed by atoms with E-state index in [9.17, 15) is 4.79 Å². The van der Waals surface area contributed by atoms with E-state index in [2.05, 4.69) is 64.8 Å². The van der Waals surface area contributed by atoms with E-state index < -0.39 is 0 Å². The first kappa shape index (κ1) is 23.1. The summed E-state index contributed by atoms with van der Waals surface area (Å²) in [6.07, 6.45) is 1.82. The number of benzene rings is 2. The average molecular weight is 469 g/mol. The molecule has 1 N–H and O–H groups in total. The predicted octanol–water partition coefficient (Wildman–Crippen LogP) is 5.00. The van der Waals surface area contributed by atoms with Crippen molar-refractivity contribution in [3.63, 3.8) is 0 Å². The molecule has 0 saturated carbocycles. The molecule has 2 aromatic heterocycles. The lowest BCUT2D eigenvalue weighted by Gasteiger charge is -2.34. The molecule has 1 aliphatic rings. The highest BCUT2D eigenvalue weighted by molar-refractivity contribution is 5.90. The lowest BCUT2D eigenvalue weighted by Crippen LogP contribution is -2.49. The van der Waals surface area contributed by atoms with Gasteiger partial charge in [-0.25, -0.2) is 14.8 Å². The summed E-state index contributed by atoms with van der Waals surface area (Å²) in [5, 5.41) is 3.07. The number of amides is 2. The Labute approximate surface area is 206 Å². The van der Waals surface area contributed by atoms with Crippen LogP contribution in [0, 0.1) is 27.7 Å². The van der Waals surface area contributed by atoms with Crippen molar-refractivity contribution < 1.29 is 4.79 Å². The molecular weight excluding hydrogens is 436 g/mol. The molecule has 35 heavy (non-hydrogen) atoms. The molecule has 3 heterocycles. The number of aromatic nitrogens is 3. The monoisotopic (exact) mass is 468 g/mol. The van der Waals surface area contributed by atoms with Crippen molar-refractivity contribution >= 4 is 22.9 Å². The van der Waals surface area contributed by atoms with Crippen LogP contribution < -0.4 is 5.32 Å². The fraction of sp³-hybridized carbons (Fsp3) is 0.321. The van der Waals surface area contributed by atoms with Gasteiger partial charge in [-0.3, -0.25) is 9.47 Å². The van der Waals surface area contributed by atoms with Gasteiger partial charge in [0.15, 0.2) is 5.65 Å². The Hall–Kier alpha value is -3.71. The van der Waals surface area contributed by atoms with Crippen LogP contribution in [0.1, 0.15) is 28.1 Å². The number of nitrogens with one attached hydrogen (secondary N) is 1. The number of pyridine rings is 1. The van der Waals surface area contributed by atoms with Crippen LogP contribution in [-0.2, 0) is 6.54 Å². The van der Waals surface area contributed by atoms with Gasteiger partial charge >= 0.3 is 6.03 Å². The van der Waals surface area contributed by atoms with E-state index in [4.69, 9.17) is 4.98 Å². The van der Waals surface area contributed by atoms with Crippen molar-refractivity contribution in [2.75, 3.05) is 31.5 Å². The van der Waals surface area contributed by atoms with Gasteiger partial charge in [0.25, 0.3) is 0 Å². The summed E-state index contributed by atoms with van der Waals surface area (Å²) in [5.41, 5.74) is 8.43. The number of piperazine rings is 1. The van der Waals surface area contributed by atoms with Gasteiger partial charge in [-0.15, -0.1) is 0 Å². The largest absolute Gasteiger partial charge is 0.322 e. The molecule has 0 unspecified atom stereocenters. The summed E-state index contributed by atoms with van der Waals surface area (Å²) in [5.74, 6) is 0.969. The SMILES string of the molecule is Cc1cc(C)cc(-n2c(CN3CCN(C(=O)Nc4ccc(C)cc4C)CC3)nc3cccnc32)c1. The Morgan fingerprint density at radius 1 is 0.914 bits per heavy atom. The number of aryl methyl sites for hydroxylation is 4. The number of anilines is 1. The van der Waals surface area contributed by atoms with Crippen molar-refractivity contribution in [1.82, 2.24) is 24.3 Å². The van der Waals surface area contributed by atoms with Gasteiger partial charge in [-0.2, -0.15) is 0 Å². The number of nitrogens with zero attached hydrogens (tertiary/aromatic N) is 5. The molecule has 2 aromatic carbocycles. The molecule has 180 valence electrons. The molecule has 1 saturated heterocycles. The average Bonchev–Trinajstić information content (AvgIpc) is 3.18. The van der Waals surface area contributed by atoms with Crippen LogP contribution in [0.5, 0.6) is 0 Å². The molecule has 0 spiro atoms. The normalized spacial score (nSPS) is 14.5. The second kappa shape index (κ2) is 9.50. The van der Waals surface area contributed by atoms with E-state index >= 15 is 0 Å². The third kappa shape index (κ3) is 4.91. The lowest BCUT2D eigenvalue weighted by molar-refractivity contribution is 0.140. The molecular formula is C28H32N6O. The minimum Gasteiger partial charge on any atom is -0.322 e. The Morgan fingerprint density at radius 2 is 1.66 bits per heavy atom. The van der Waals surface area contributed by atoms with E-state index in [1.807, 2.05) is 42.3 Å². The van der Waals surface area contributed by atoms with Crippen LogP contribution in [0.25, 0.3) is 16.9 Å². The van der Waals surface area contributed by atoms with Crippen molar-refractivity contribution in [2.45, 2.75) is 34.2 Å². The van der Waals surface area contributed by atoms with Gasteiger partial charge in [0.2, 0.25) is 0 Å². The molecule has 5 rings (SSSR count). The zero-order chi connectivity index (χ0) is 24.5. The molecule has 4 aromatic rings. The summed E-state index contributed by atoms with van der Waals surface area (Å²) in [7, 11) is 0. The molecule has 0 atom stereocenters. The van der Waals surface area contributed by atoms with E-state index in [0.29, 0.717) is 19.6 Å². The third-order valence-corrected chi connectivity index (χ3v) is 6.60. The highest BCUT2D eigenvalue weighted by Crippen LogP contribution is 2.23. The number of imidazole rings is 1. The zero-order valence-corrected chi connectivity index (χ0v) is 20.9. The van der Waals surface area contributed by atoms with Crippen LogP contribution in [0.15, 0.2) is 54.7 Å². The maximum atomic E-state index is 12.9. The standard InChI is InChI=1S/C28H32N6O/c1-19-7-8-24(22(4)15-19)31-28(35)33-12-10-32(11-13-33)18-26-30-25-6-5-9-29-27(25)34(26)23-16-20(2)14-21(3)17-23/h5-9,14-17H,10-13,18H2,1-4H3,(H,31,35). The maximum absolute atomic E-state index is 12.9.